The second-order valence-corrected chi connectivity index (χ2v) is 5.45. The Morgan fingerprint density at radius 2 is 1.74 bits per heavy atom. The van der Waals surface area contributed by atoms with Gasteiger partial charge in [0.25, 0.3) is 0 Å². The van der Waals surface area contributed by atoms with Gasteiger partial charge in [-0.25, -0.2) is 18.3 Å². The van der Waals surface area contributed by atoms with E-state index in [-0.39, 0.29) is 17.8 Å². The molecule has 1 aliphatic rings. The average Bonchev–Trinajstić information content (AvgIpc) is 2.55. The maximum absolute atomic E-state index is 13.7. The Hall–Kier alpha value is -2.95. The van der Waals surface area contributed by atoms with Crippen molar-refractivity contribution in [3.05, 3.63) is 59.2 Å². The minimum Gasteiger partial charge on any atom is -0.409 e. The molecule has 5 nitrogen and oxygen atoms in total. The van der Waals surface area contributed by atoms with Crippen LogP contribution in [0.25, 0.3) is 0 Å². The fraction of sp³-hybridized carbons (Fsp3) is 0.188. The first-order chi connectivity index (χ1) is 12.6. The van der Waals surface area contributed by atoms with Gasteiger partial charge in [0.15, 0.2) is 11.6 Å². The molecule has 2 aromatic rings. The smallest absolute Gasteiger partial charge is 0.409 e. The summed E-state index contributed by atoms with van der Waals surface area (Å²) < 4.78 is 86.5. The molecule has 1 heterocycles. The molecule has 2 N–H and O–H groups in total. The topological polar surface area (TPSA) is 59.6 Å². The van der Waals surface area contributed by atoms with Crippen LogP contribution in [0, 0.1) is 11.6 Å². The monoisotopic (exact) mass is 392 g/mol. The molecule has 1 aliphatic heterocycles. The van der Waals surface area contributed by atoms with Crippen LogP contribution in [0.2, 0.25) is 0 Å². The number of fused-ring (bicyclic) bond motifs is 1. The SMILES string of the molecule is O=C(NCc1ccc(F)c(F)c1)Nc1ccc2c(c1)C(F)(F)OC(F)(F)O2. The second-order valence-electron chi connectivity index (χ2n) is 5.45. The third kappa shape index (κ3) is 4.25. The number of halogens is 6. The molecular formula is C16H10F6N2O3. The zero-order valence-electron chi connectivity index (χ0n) is 13.2. The highest BCUT2D eigenvalue weighted by atomic mass is 19.3. The van der Waals surface area contributed by atoms with Crippen LogP contribution in [0.15, 0.2) is 36.4 Å². The number of carbonyl (C=O) groups excluding carboxylic acids is 1. The zero-order valence-corrected chi connectivity index (χ0v) is 13.2. The summed E-state index contributed by atoms with van der Waals surface area (Å²) in [7, 11) is 0. The van der Waals surface area contributed by atoms with Gasteiger partial charge in [-0.2, -0.15) is 8.78 Å². The number of benzene rings is 2. The fourth-order valence-corrected chi connectivity index (χ4v) is 2.28. The van der Waals surface area contributed by atoms with E-state index >= 15 is 0 Å². The molecule has 3 rings (SSSR count). The predicted octanol–water partition coefficient (Wildman–Crippen LogP) is 4.30. The standard InChI is InChI=1S/C16H10F6N2O3/c17-11-3-1-8(5-12(11)18)7-23-14(25)24-9-2-4-13-10(6-9)15(19,20)27-16(21,22)26-13/h1-6H,7H2,(H2,23,24,25). The lowest BCUT2D eigenvalue weighted by Crippen LogP contribution is -2.41. The number of anilines is 1. The second kappa shape index (κ2) is 6.65. The first-order valence-corrected chi connectivity index (χ1v) is 7.34. The van der Waals surface area contributed by atoms with Crippen LogP contribution in [0.4, 0.5) is 36.8 Å². The number of rotatable bonds is 3. The lowest BCUT2D eigenvalue weighted by atomic mass is 10.1. The minimum absolute atomic E-state index is 0.159. The van der Waals surface area contributed by atoms with E-state index in [9.17, 15) is 31.1 Å². The van der Waals surface area contributed by atoms with Crippen molar-refractivity contribution < 1.29 is 40.6 Å². The third-order valence-electron chi connectivity index (χ3n) is 3.46. The van der Waals surface area contributed by atoms with Crippen molar-refractivity contribution in [2.24, 2.45) is 0 Å². The molecule has 2 aromatic carbocycles. The van der Waals surface area contributed by atoms with E-state index in [1.54, 1.807) is 0 Å². The largest absolute Gasteiger partial charge is 0.540 e. The van der Waals surface area contributed by atoms with Gasteiger partial charge in [0.1, 0.15) is 5.75 Å². The molecule has 27 heavy (non-hydrogen) atoms. The Kier molecular flexibility index (Phi) is 4.64. The zero-order chi connectivity index (χ0) is 19.8. The Balaban J connectivity index is 1.67. The van der Waals surface area contributed by atoms with Crippen molar-refractivity contribution in [1.29, 1.82) is 0 Å². The summed E-state index contributed by atoms with van der Waals surface area (Å²) in [5.74, 6) is -2.94. The number of carbonyl (C=O) groups is 1. The molecule has 11 heteroatoms. The van der Waals surface area contributed by atoms with Crippen molar-refractivity contribution in [2.75, 3.05) is 5.32 Å². The number of alkyl halides is 4. The molecule has 0 aliphatic carbocycles. The third-order valence-corrected chi connectivity index (χ3v) is 3.46. The van der Waals surface area contributed by atoms with Gasteiger partial charge in [-0.1, -0.05) is 6.07 Å². The van der Waals surface area contributed by atoms with E-state index in [1.165, 1.54) is 6.07 Å². The van der Waals surface area contributed by atoms with E-state index in [2.05, 4.69) is 20.1 Å². The highest BCUT2D eigenvalue weighted by Crippen LogP contribution is 2.46. The number of nitrogens with one attached hydrogen (secondary N) is 2. The van der Waals surface area contributed by atoms with Crippen molar-refractivity contribution >= 4 is 11.7 Å². The average molecular weight is 392 g/mol. The quantitative estimate of drug-likeness (QED) is 0.766. The summed E-state index contributed by atoms with van der Waals surface area (Å²) in [4.78, 5) is 11.8. The van der Waals surface area contributed by atoms with Crippen molar-refractivity contribution in [1.82, 2.24) is 5.32 Å². The molecule has 0 fully saturated rings. The van der Waals surface area contributed by atoms with Gasteiger partial charge in [0.05, 0.1) is 5.56 Å². The highest BCUT2D eigenvalue weighted by molar-refractivity contribution is 5.89. The summed E-state index contributed by atoms with van der Waals surface area (Å²) in [6, 6.07) is 4.74. The van der Waals surface area contributed by atoms with Gasteiger partial charge in [-0.15, -0.1) is 8.78 Å². The van der Waals surface area contributed by atoms with E-state index in [0.29, 0.717) is 6.07 Å². The molecule has 0 aromatic heterocycles. The van der Waals surface area contributed by atoms with Gasteiger partial charge in [-0.05, 0) is 35.9 Å². The predicted molar refractivity (Wildman–Crippen MR) is 79.2 cm³/mol. The molecule has 144 valence electrons. The molecule has 0 saturated carbocycles. The van der Waals surface area contributed by atoms with Crippen molar-refractivity contribution in [3.63, 3.8) is 0 Å². The molecule has 0 radical (unpaired) electrons. The summed E-state index contributed by atoms with van der Waals surface area (Å²) >= 11 is 0. The molecule has 0 bridgehead atoms. The Labute approximate surface area is 147 Å². The van der Waals surface area contributed by atoms with Crippen LogP contribution in [-0.4, -0.2) is 12.3 Å². The van der Waals surface area contributed by atoms with Crippen LogP contribution in [0.5, 0.6) is 5.75 Å². The number of amides is 2. The van der Waals surface area contributed by atoms with Crippen LogP contribution in [0.3, 0.4) is 0 Å². The lowest BCUT2D eigenvalue weighted by Gasteiger charge is -2.30. The van der Waals surface area contributed by atoms with E-state index in [0.717, 1.165) is 24.3 Å². The first-order valence-electron chi connectivity index (χ1n) is 7.34. The van der Waals surface area contributed by atoms with Crippen LogP contribution in [-0.2, 0) is 17.4 Å². The van der Waals surface area contributed by atoms with Gasteiger partial charge in [0, 0.05) is 12.2 Å². The van der Waals surface area contributed by atoms with Gasteiger partial charge in [-0.3, -0.25) is 0 Å². The number of ether oxygens (including phenoxy) is 2. The van der Waals surface area contributed by atoms with E-state index < -0.39 is 41.4 Å². The van der Waals surface area contributed by atoms with Gasteiger partial charge < -0.3 is 15.4 Å². The molecule has 0 saturated heterocycles. The highest BCUT2D eigenvalue weighted by Gasteiger charge is 2.54. The van der Waals surface area contributed by atoms with Gasteiger partial charge in [0.2, 0.25) is 0 Å². The lowest BCUT2D eigenvalue weighted by molar-refractivity contribution is -0.461. The number of urea groups is 1. The van der Waals surface area contributed by atoms with Crippen molar-refractivity contribution in [2.45, 2.75) is 18.9 Å². The van der Waals surface area contributed by atoms with E-state index in [4.69, 9.17) is 0 Å². The molecule has 0 spiro atoms. The molecule has 0 unspecified atom stereocenters. The Morgan fingerprint density at radius 3 is 2.44 bits per heavy atom. The van der Waals surface area contributed by atoms with Crippen LogP contribution in [0.1, 0.15) is 11.1 Å². The van der Waals surface area contributed by atoms with Crippen LogP contribution >= 0.6 is 0 Å². The molecular weight excluding hydrogens is 382 g/mol. The Bertz CT molecular complexity index is 890. The van der Waals surface area contributed by atoms with Crippen molar-refractivity contribution in [3.8, 4) is 5.75 Å². The summed E-state index contributed by atoms with van der Waals surface area (Å²) in [6.07, 6.45) is -8.83. The summed E-state index contributed by atoms with van der Waals surface area (Å²) in [6.45, 7) is -0.178. The first kappa shape index (κ1) is 18.8. The summed E-state index contributed by atoms with van der Waals surface area (Å²) in [5, 5.41) is 4.50. The van der Waals surface area contributed by atoms with Crippen LogP contribution < -0.4 is 15.4 Å². The normalized spacial score (nSPS) is 16.8. The fourth-order valence-electron chi connectivity index (χ4n) is 2.28. The summed E-state index contributed by atoms with van der Waals surface area (Å²) in [5.41, 5.74) is -0.898. The van der Waals surface area contributed by atoms with E-state index in [1.807, 2.05) is 0 Å². The molecule has 2 amide bonds. The number of hydrogen-bond donors (Lipinski definition) is 2. The van der Waals surface area contributed by atoms with Gasteiger partial charge >= 0.3 is 18.4 Å². The maximum atomic E-state index is 13.7. The molecule has 0 atom stereocenters. The minimum atomic E-state index is -4.49. The Morgan fingerprint density at radius 1 is 1.00 bits per heavy atom. The maximum Gasteiger partial charge on any atom is 0.540 e. The number of hydrogen-bond acceptors (Lipinski definition) is 3.